The number of hydrogen-bond donors (Lipinski definition) is 2. The lowest BCUT2D eigenvalue weighted by Gasteiger charge is -2.33. The van der Waals surface area contributed by atoms with Crippen LogP contribution < -0.4 is 0 Å². The van der Waals surface area contributed by atoms with E-state index in [9.17, 15) is 5.11 Å². The maximum absolute atomic E-state index is 9.71. The molecule has 3 atom stereocenters. The molecular formula is C17H36O2. The molecule has 0 heterocycles. The van der Waals surface area contributed by atoms with Gasteiger partial charge < -0.3 is 10.2 Å². The molecule has 19 heavy (non-hydrogen) atoms. The van der Waals surface area contributed by atoms with Gasteiger partial charge in [0, 0.05) is 6.61 Å². The largest absolute Gasteiger partial charge is 0.396 e. The summed E-state index contributed by atoms with van der Waals surface area (Å²) in [7, 11) is 0. The minimum Gasteiger partial charge on any atom is -0.396 e. The fraction of sp³-hybridized carbons (Fsp3) is 1.00. The predicted molar refractivity (Wildman–Crippen MR) is 83.2 cm³/mol. The van der Waals surface area contributed by atoms with Gasteiger partial charge in [-0.25, -0.2) is 0 Å². The van der Waals surface area contributed by atoms with Crippen molar-refractivity contribution in [3.8, 4) is 0 Å². The van der Waals surface area contributed by atoms with Crippen LogP contribution >= 0.6 is 0 Å². The SMILES string of the molecule is CC1CCC(C(C)C)C(O)C1.CCCCCCCO. The van der Waals surface area contributed by atoms with Gasteiger partial charge >= 0.3 is 0 Å². The third-order valence-electron chi connectivity index (χ3n) is 4.25. The molecule has 0 bridgehead atoms. The molecule has 0 aromatic rings. The lowest BCUT2D eigenvalue weighted by atomic mass is 9.75. The summed E-state index contributed by atoms with van der Waals surface area (Å²) in [5, 5.41) is 18.1. The van der Waals surface area contributed by atoms with Crippen molar-refractivity contribution in [2.75, 3.05) is 6.61 Å². The van der Waals surface area contributed by atoms with E-state index in [1.807, 2.05) is 0 Å². The highest BCUT2D eigenvalue weighted by Gasteiger charge is 2.28. The first kappa shape index (κ1) is 18.9. The second-order valence-corrected chi connectivity index (χ2v) is 6.53. The molecule has 1 fully saturated rings. The molecule has 1 saturated carbocycles. The highest BCUT2D eigenvalue weighted by molar-refractivity contribution is 4.79. The minimum atomic E-state index is -0.0289. The van der Waals surface area contributed by atoms with E-state index in [0.717, 1.165) is 18.8 Å². The van der Waals surface area contributed by atoms with E-state index in [4.69, 9.17) is 5.11 Å². The summed E-state index contributed by atoms with van der Waals surface area (Å²) < 4.78 is 0. The molecule has 0 aromatic heterocycles. The van der Waals surface area contributed by atoms with Crippen molar-refractivity contribution < 1.29 is 10.2 Å². The fourth-order valence-electron chi connectivity index (χ4n) is 2.87. The van der Waals surface area contributed by atoms with Gasteiger partial charge in [-0.1, -0.05) is 59.8 Å². The molecule has 2 nitrogen and oxygen atoms in total. The van der Waals surface area contributed by atoms with Crippen molar-refractivity contribution >= 4 is 0 Å². The second kappa shape index (κ2) is 11.7. The maximum atomic E-state index is 9.71. The van der Waals surface area contributed by atoms with Crippen LogP contribution in [0.4, 0.5) is 0 Å². The maximum Gasteiger partial charge on any atom is 0.0573 e. The Labute approximate surface area is 120 Å². The van der Waals surface area contributed by atoms with Crippen molar-refractivity contribution in [1.29, 1.82) is 0 Å². The van der Waals surface area contributed by atoms with Gasteiger partial charge in [-0.3, -0.25) is 0 Å². The van der Waals surface area contributed by atoms with Crippen molar-refractivity contribution in [1.82, 2.24) is 0 Å². The van der Waals surface area contributed by atoms with Crippen LogP contribution in [0.2, 0.25) is 0 Å². The zero-order valence-corrected chi connectivity index (χ0v) is 13.6. The molecule has 2 heteroatoms. The Morgan fingerprint density at radius 1 is 1.05 bits per heavy atom. The second-order valence-electron chi connectivity index (χ2n) is 6.53. The van der Waals surface area contributed by atoms with Gasteiger partial charge in [0.2, 0.25) is 0 Å². The Balaban J connectivity index is 0.000000362. The molecule has 2 N–H and O–H groups in total. The van der Waals surface area contributed by atoms with Gasteiger partial charge in [-0.15, -0.1) is 0 Å². The van der Waals surface area contributed by atoms with Crippen molar-refractivity contribution in [2.45, 2.75) is 85.2 Å². The molecule has 1 aliphatic carbocycles. The number of aliphatic hydroxyl groups is 2. The van der Waals surface area contributed by atoms with Crippen LogP contribution in [-0.2, 0) is 0 Å². The molecule has 0 amide bonds. The normalized spacial score (nSPS) is 27.0. The van der Waals surface area contributed by atoms with Crippen LogP contribution in [-0.4, -0.2) is 22.9 Å². The molecule has 116 valence electrons. The van der Waals surface area contributed by atoms with E-state index in [0.29, 0.717) is 18.4 Å². The molecule has 0 saturated heterocycles. The van der Waals surface area contributed by atoms with Crippen LogP contribution in [0.5, 0.6) is 0 Å². The zero-order valence-electron chi connectivity index (χ0n) is 13.6. The van der Waals surface area contributed by atoms with Crippen LogP contribution in [0, 0.1) is 17.8 Å². The first-order valence-corrected chi connectivity index (χ1v) is 8.31. The Bertz CT molecular complexity index is 186. The van der Waals surface area contributed by atoms with Crippen LogP contribution in [0.1, 0.15) is 79.1 Å². The third-order valence-corrected chi connectivity index (χ3v) is 4.25. The summed E-state index contributed by atoms with van der Waals surface area (Å²) in [4.78, 5) is 0. The van der Waals surface area contributed by atoms with Crippen LogP contribution in [0.15, 0.2) is 0 Å². The first-order chi connectivity index (χ1) is 9.02. The summed E-state index contributed by atoms with van der Waals surface area (Å²) in [6.45, 7) is 9.22. The van der Waals surface area contributed by atoms with E-state index in [1.165, 1.54) is 38.5 Å². The van der Waals surface area contributed by atoms with Crippen LogP contribution in [0.3, 0.4) is 0 Å². The Hall–Kier alpha value is -0.0800. The van der Waals surface area contributed by atoms with Crippen molar-refractivity contribution in [2.24, 2.45) is 17.8 Å². The average Bonchev–Trinajstić information content (AvgIpc) is 2.35. The molecule has 0 spiro atoms. The summed E-state index contributed by atoms with van der Waals surface area (Å²) in [6, 6.07) is 0. The number of aliphatic hydroxyl groups excluding tert-OH is 2. The van der Waals surface area contributed by atoms with Gasteiger partial charge in [0.05, 0.1) is 6.10 Å². The zero-order chi connectivity index (χ0) is 14.7. The minimum absolute atomic E-state index is 0.0289. The molecule has 3 unspecified atom stereocenters. The molecule has 1 rings (SSSR count). The molecule has 1 aliphatic rings. The monoisotopic (exact) mass is 272 g/mol. The smallest absolute Gasteiger partial charge is 0.0573 e. The fourth-order valence-corrected chi connectivity index (χ4v) is 2.87. The lowest BCUT2D eigenvalue weighted by Crippen LogP contribution is -2.31. The number of hydrogen-bond acceptors (Lipinski definition) is 2. The quantitative estimate of drug-likeness (QED) is 0.704. The predicted octanol–water partition coefficient (Wildman–Crippen LogP) is 4.39. The van der Waals surface area contributed by atoms with Gasteiger partial charge in [-0.05, 0) is 37.0 Å². The molecule has 0 aromatic carbocycles. The van der Waals surface area contributed by atoms with Gasteiger partial charge in [-0.2, -0.15) is 0 Å². The third kappa shape index (κ3) is 9.45. The Kier molecular flexibility index (Phi) is 11.7. The lowest BCUT2D eigenvalue weighted by molar-refractivity contribution is 0.0266. The van der Waals surface area contributed by atoms with Gasteiger partial charge in [0.1, 0.15) is 0 Å². The van der Waals surface area contributed by atoms with Crippen molar-refractivity contribution in [3.05, 3.63) is 0 Å². The summed E-state index contributed by atoms with van der Waals surface area (Å²) >= 11 is 0. The topological polar surface area (TPSA) is 40.5 Å². The molecule has 0 radical (unpaired) electrons. The number of unbranched alkanes of at least 4 members (excludes halogenated alkanes) is 4. The van der Waals surface area contributed by atoms with Gasteiger partial charge in [0.15, 0.2) is 0 Å². The summed E-state index contributed by atoms with van der Waals surface area (Å²) in [6.07, 6.45) is 9.59. The average molecular weight is 272 g/mol. The van der Waals surface area contributed by atoms with Crippen LogP contribution in [0.25, 0.3) is 0 Å². The van der Waals surface area contributed by atoms with Gasteiger partial charge in [0.25, 0.3) is 0 Å². The van der Waals surface area contributed by atoms with E-state index in [1.54, 1.807) is 0 Å². The summed E-state index contributed by atoms with van der Waals surface area (Å²) in [5.74, 6) is 1.95. The first-order valence-electron chi connectivity index (χ1n) is 8.31. The standard InChI is InChI=1S/C10H20O.C7H16O/c1-7(2)9-5-4-8(3)6-10(9)11;1-2-3-4-5-6-7-8/h7-11H,4-6H2,1-3H3;8H,2-7H2,1H3. The number of rotatable bonds is 6. The van der Waals surface area contributed by atoms with Crippen molar-refractivity contribution in [3.63, 3.8) is 0 Å². The van der Waals surface area contributed by atoms with E-state index in [2.05, 4.69) is 27.7 Å². The van der Waals surface area contributed by atoms with E-state index < -0.39 is 0 Å². The molecule has 0 aliphatic heterocycles. The molecular weight excluding hydrogens is 236 g/mol. The Morgan fingerprint density at radius 2 is 1.68 bits per heavy atom. The highest BCUT2D eigenvalue weighted by Crippen LogP contribution is 2.33. The summed E-state index contributed by atoms with van der Waals surface area (Å²) in [5.41, 5.74) is 0. The van der Waals surface area contributed by atoms with E-state index >= 15 is 0 Å². The highest BCUT2D eigenvalue weighted by atomic mass is 16.3. The van der Waals surface area contributed by atoms with E-state index in [-0.39, 0.29) is 6.10 Å². The Morgan fingerprint density at radius 3 is 2.16 bits per heavy atom.